The molecular formula is C11H13N5O. The molecule has 6 heteroatoms. The molecule has 0 radical (unpaired) electrons. The number of azide groups is 1. The molecule has 1 aromatic carbocycles. The van der Waals surface area contributed by atoms with E-state index in [0.717, 1.165) is 5.56 Å². The summed E-state index contributed by atoms with van der Waals surface area (Å²) in [5, 5.41) is 14.8. The molecule has 6 nitrogen and oxygen atoms in total. The molecule has 17 heavy (non-hydrogen) atoms. The second-order valence-corrected chi connectivity index (χ2v) is 3.25. The Morgan fingerprint density at radius 2 is 2.12 bits per heavy atom. The fourth-order valence-electron chi connectivity index (χ4n) is 1.22. The first-order valence-corrected chi connectivity index (χ1v) is 5.03. The number of hydrogen-bond donors (Lipinski definition) is 2. The zero-order valence-electron chi connectivity index (χ0n) is 9.19. The molecule has 0 saturated carbocycles. The summed E-state index contributed by atoms with van der Waals surface area (Å²) >= 11 is 0. The third kappa shape index (κ3) is 4.27. The minimum atomic E-state index is 0.0869. The van der Waals surface area contributed by atoms with Crippen LogP contribution in [-0.2, 0) is 0 Å². The van der Waals surface area contributed by atoms with E-state index >= 15 is 0 Å². The average molecular weight is 231 g/mol. The molecule has 0 atom stereocenters. The van der Waals surface area contributed by atoms with Gasteiger partial charge in [-0.05, 0) is 17.5 Å². The van der Waals surface area contributed by atoms with Crippen molar-refractivity contribution in [3.05, 3.63) is 51.9 Å². The Morgan fingerprint density at radius 1 is 1.41 bits per heavy atom. The Morgan fingerprint density at radius 3 is 2.71 bits per heavy atom. The first kappa shape index (κ1) is 12.6. The predicted octanol–water partition coefficient (Wildman–Crippen LogP) is 2.49. The lowest BCUT2D eigenvalue weighted by molar-refractivity contribution is 0.318. The van der Waals surface area contributed by atoms with Crippen LogP contribution in [0.3, 0.4) is 0 Å². The van der Waals surface area contributed by atoms with Gasteiger partial charge in [-0.3, -0.25) is 0 Å². The Bertz CT molecular complexity index is 457. The van der Waals surface area contributed by atoms with Crippen molar-refractivity contribution in [2.24, 2.45) is 16.0 Å². The number of oxime groups is 1. The summed E-state index contributed by atoms with van der Waals surface area (Å²) in [7, 11) is 0. The van der Waals surface area contributed by atoms with E-state index in [1.54, 1.807) is 12.1 Å². The minimum Gasteiger partial charge on any atom is -0.409 e. The van der Waals surface area contributed by atoms with E-state index in [-0.39, 0.29) is 5.84 Å². The van der Waals surface area contributed by atoms with Crippen molar-refractivity contribution in [3.63, 3.8) is 0 Å². The van der Waals surface area contributed by atoms with Crippen molar-refractivity contribution in [1.29, 1.82) is 0 Å². The molecule has 0 saturated heterocycles. The highest BCUT2D eigenvalue weighted by Gasteiger charge is 1.96. The van der Waals surface area contributed by atoms with Crippen LogP contribution in [0.2, 0.25) is 0 Å². The molecule has 0 bridgehead atoms. The summed E-state index contributed by atoms with van der Waals surface area (Å²) in [5.41, 5.74) is 15.2. The Labute approximate surface area is 98.7 Å². The first-order valence-electron chi connectivity index (χ1n) is 5.03. The lowest BCUT2D eigenvalue weighted by Crippen LogP contribution is -2.12. The highest BCUT2D eigenvalue weighted by molar-refractivity contribution is 5.97. The molecule has 0 aliphatic heterocycles. The van der Waals surface area contributed by atoms with Crippen LogP contribution in [0, 0.1) is 0 Å². The van der Waals surface area contributed by atoms with Crippen LogP contribution in [0.1, 0.15) is 17.5 Å². The largest absolute Gasteiger partial charge is 0.409 e. The first-order chi connectivity index (χ1) is 8.27. The van der Waals surface area contributed by atoms with E-state index in [1.807, 2.05) is 24.3 Å². The van der Waals surface area contributed by atoms with Gasteiger partial charge in [-0.15, -0.1) is 0 Å². The highest BCUT2D eigenvalue weighted by Crippen LogP contribution is 2.06. The van der Waals surface area contributed by atoms with Gasteiger partial charge >= 0.3 is 0 Å². The van der Waals surface area contributed by atoms with E-state index in [0.29, 0.717) is 18.5 Å². The zero-order valence-corrected chi connectivity index (χ0v) is 9.19. The van der Waals surface area contributed by atoms with Crippen LogP contribution >= 0.6 is 0 Å². The summed E-state index contributed by atoms with van der Waals surface area (Å²) in [5.74, 6) is 0.0869. The quantitative estimate of drug-likeness (QED) is 0.119. The van der Waals surface area contributed by atoms with Crippen molar-refractivity contribution in [2.45, 2.75) is 6.42 Å². The smallest absolute Gasteiger partial charge is 0.170 e. The minimum absolute atomic E-state index is 0.0869. The van der Waals surface area contributed by atoms with Crippen LogP contribution in [0.4, 0.5) is 0 Å². The van der Waals surface area contributed by atoms with Crippen LogP contribution in [0.15, 0.2) is 40.6 Å². The van der Waals surface area contributed by atoms with Gasteiger partial charge in [0.1, 0.15) is 0 Å². The summed E-state index contributed by atoms with van der Waals surface area (Å²) in [6.45, 7) is 0.454. The van der Waals surface area contributed by atoms with Gasteiger partial charge in [-0.25, -0.2) is 0 Å². The summed E-state index contributed by atoms with van der Waals surface area (Å²) in [4.78, 5) is 2.66. The van der Waals surface area contributed by atoms with Crippen LogP contribution in [0.25, 0.3) is 16.5 Å². The van der Waals surface area contributed by atoms with Crippen molar-refractivity contribution >= 4 is 11.9 Å². The van der Waals surface area contributed by atoms with Gasteiger partial charge < -0.3 is 10.9 Å². The number of hydrogen-bond acceptors (Lipinski definition) is 3. The maximum absolute atomic E-state index is 8.49. The summed E-state index contributed by atoms with van der Waals surface area (Å²) in [6.07, 6.45) is 4.54. The fourth-order valence-corrected chi connectivity index (χ4v) is 1.22. The third-order valence-electron chi connectivity index (χ3n) is 2.08. The Kier molecular flexibility index (Phi) is 5.13. The molecule has 3 N–H and O–H groups in total. The van der Waals surface area contributed by atoms with Crippen molar-refractivity contribution in [2.75, 3.05) is 6.54 Å². The monoisotopic (exact) mass is 231 g/mol. The average Bonchev–Trinajstić information content (AvgIpc) is 2.38. The maximum Gasteiger partial charge on any atom is 0.170 e. The van der Waals surface area contributed by atoms with Gasteiger partial charge in [-0.1, -0.05) is 46.7 Å². The zero-order chi connectivity index (χ0) is 12.5. The number of nitrogens with two attached hydrogens (primary N) is 1. The van der Waals surface area contributed by atoms with Gasteiger partial charge in [0.2, 0.25) is 0 Å². The standard InChI is InChI=1S/C11H13N5O/c12-11(15-17)10-6-4-9(5-7-10)3-1-2-8-14-16-13/h1,3-7,17H,2,8H2,(H2,12,15). The van der Waals surface area contributed by atoms with Gasteiger partial charge in [0.25, 0.3) is 0 Å². The molecule has 0 fully saturated rings. The fraction of sp³-hybridized carbons (Fsp3) is 0.182. The Hall–Kier alpha value is -2.46. The molecule has 0 aromatic heterocycles. The summed E-state index contributed by atoms with van der Waals surface area (Å²) in [6, 6.07) is 7.25. The SMILES string of the molecule is [N-]=[N+]=NCCC=Cc1ccc(C(N)=NO)cc1. The molecule has 0 aliphatic rings. The van der Waals surface area contributed by atoms with E-state index in [2.05, 4.69) is 15.2 Å². The van der Waals surface area contributed by atoms with Crippen LogP contribution in [0.5, 0.6) is 0 Å². The molecule has 0 aliphatic carbocycles. The predicted molar refractivity (Wildman–Crippen MR) is 66.6 cm³/mol. The molecule has 1 aromatic rings. The second kappa shape index (κ2) is 6.92. The number of benzene rings is 1. The van der Waals surface area contributed by atoms with Crippen molar-refractivity contribution in [1.82, 2.24) is 0 Å². The molecule has 88 valence electrons. The van der Waals surface area contributed by atoms with E-state index < -0.39 is 0 Å². The summed E-state index contributed by atoms with van der Waals surface area (Å²) < 4.78 is 0. The van der Waals surface area contributed by atoms with Gasteiger partial charge in [0, 0.05) is 17.0 Å². The van der Waals surface area contributed by atoms with Gasteiger partial charge in [-0.2, -0.15) is 0 Å². The number of rotatable bonds is 5. The Balaban J connectivity index is 2.59. The normalized spacial score (nSPS) is 11.4. The van der Waals surface area contributed by atoms with Gasteiger partial charge in [0.15, 0.2) is 5.84 Å². The van der Waals surface area contributed by atoms with Crippen LogP contribution in [-0.4, -0.2) is 17.6 Å². The van der Waals surface area contributed by atoms with Crippen molar-refractivity contribution in [3.8, 4) is 0 Å². The maximum atomic E-state index is 8.49. The third-order valence-corrected chi connectivity index (χ3v) is 2.08. The molecular weight excluding hydrogens is 218 g/mol. The van der Waals surface area contributed by atoms with E-state index in [1.165, 1.54) is 0 Å². The highest BCUT2D eigenvalue weighted by atomic mass is 16.4. The van der Waals surface area contributed by atoms with Crippen molar-refractivity contribution < 1.29 is 5.21 Å². The lowest BCUT2D eigenvalue weighted by atomic mass is 10.1. The molecule has 0 amide bonds. The van der Waals surface area contributed by atoms with Gasteiger partial charge in [0.05, 0.1) is 0 Å². The molecule has 0 heterocycles. The molecule has 1 rings (SSSR count). The lowest BCUT2D eigenvalue weighted by Gasteiger charge is -1.98. The topological polar surface area (TPSA) is 107 Å². The van der Waals surface area contributed by atoms with E-state index in [4.69, 9.17) is 16.5 Å². The van der Waals surface area contributed by atoms with Crippen LogP contribution < -0.4 is 5.73 Å². The molecule has 0 unspecified atom stereocenters. The molecule has 0 spiro atoms. The number of amidine groups is 1. The van der Waals surface area contributed by atoms with E-state index in [9.17, 15) is 0 Å². The second-order valence-electron chi connectivity index (χ2n) is 3.25. The number of nitrogens with zero attached hydrogens (tertiary/aromatic N) is 4.